The maximum atomic E-state index is 12.6. The summed E-state index contributed by atoms with van der Waals surface area (Å²) in [5.74, 6) is 1.44. The second-order valence-electron chi connectivity index (χ2n) is 6.02. The van der Waals surface area contributed by atoms with Gasteiger partial charge >= 0.3 is 0 Å². The molecule has 0 saturated carbocycles. The summed E-state index contributed by atoms with van der Waals surface area (Å²) in [5.41, 5.74) is 1.82. The zero-order valence-electron chi connectivity index (χ0n) is 13.2. The molecule has 0 N–H and O–H groups in total. The molecule has 3 aromatic heterocycles. The van der Waals surface area contributed by atoms with Crippen LogP contribution in [0.15, 0.2) is 30.5 Å². The number of carbonyl (C=O) groups excluding carboxylic acids is 1. The summed E-state index contributed by atoms with van der Waals surface area (Å²) in [5, 5.41) is 0. The van der Waals surface area contributed by atoms with E-state index >= 15 is 0 Å². The summed E-state index contributed by atoms with van der Waals surface area (Å²) in [7, 11) is 2.00. The average molecular weight is 326 g/mol. The van der Waals surface area contributed by atoms with Gasteiger partial charge in [0, 0.05) is 37.1 Å². The van der Waals surface area contributed by atoms with E-state index in [1.54, 1.807) is 17.5 Å². The number of likely N-dealkylation sites (tertiary alicyclic amines) is 1. The summed E-state index contributed by atoms with van der Waals surface area (Å²) in [6, 6.07) is 7.82. The van der Waals surface area contributed by atoms with Crippen molar-refractivity contribution in [2.45, 2.75) is 19.3 Å². The molecule has 1 fully saturated rings. The van der Waals surface area contributed by atoms with Gasteiger partial charge in [0.25, 0.3) is 5.91 Å². The van der Waals surface area contributed by atoms with Crippen LogP contribution in [-0.4, -0.2) is 38.4 Å². The molecule has 4 rings (SSSR count). The molecule has 0 bridgehead atoms. The van der Waals surface area contributed by atoms with Crippen molar-refractivity contribution in [3.8, 4) is 0 Å². The molecule has 3 aromatic rings. The monoisotopic (exact) mass is 326 g/mol. The molecule has 118 valence electrons. The maximum absolute atomic E-state index is 12.6. The van der Waals surface area contributed by atoms with Crippen molar-refractivity contribution in [2.75, 3.05) is 13.1 Å². The van der Waals surface area contributed by atoms with Crippen LogP contribution in [0.3, 0.4) is 0 Å². The quantitative estimate of drug-likeness (QED) is 0.727. The van der Waals surface area contributed by atoms with Gasteiger partial charge < -0.3 is 9.47 Å². The molecule has 1 amide bonds. The third kappa shape index (κ3) is 2.43. The van der Waals surface area contributed by atoms with Gasteiger partial charge in [-0.15, -0.1) is 11.3 Å². The molecule has 0 aliphatic carbocycles. The summed E-state index contributed by atoms with van der Waals surface area (Å²) in [6.07, 6.45) is 2.74. The average Bonchev–Trinajstić information content (AvgIpc) is 3.26. The van der Waals surface area contributed by atoms with E-state index in [0.717, 1.165) is 41.4 Å². The fourth-order valence-electron chi connectivity index (χ4n) is 3.27. The standard InChI is InChI=1S/C17H18N4OS/c1-11-5-6-14(23-11)17(22)21-9-7-12(10-21)15-19-13-4-3-8-18-16(13)20(15)2/h3-6,8,12H,7,9-10H2,1-2H3. The van der Waals surface area contributed by atoms with Gasteiger partial charge in [-0.2, -0.15) is 0 Å². The maximum Gasteiger partial charge on any atom is 0.263 e. The van der Waals surface area contributed by atoms with Crippen LogP contribution in [0.25, 0.3) is 11.2 Å². The number of thiophene rings is 1. The number of imidazole rings is 1. The van der Waals surface area contributed by atoms with Crippen LogP contribution in [0.4, 0.5) is 0 Å². The Morgan fingerprint density at radius 2 is 2.22 bits per heavy atom. The lowest BCUT2D eigenvalue weighted by Gasteiger charge is -2.15. The first-order valence-corrected chi connectivity index (χ1v) is 8.58. The van der Waals surface area contributed by atoms with Gasteiger partial charge in [-0.05, 0) is 37.6 Å². The highest BCUT2D eigenvalue weighted by molar-refractivity contribution is 7.13. The third-order valence-electron chi connectivity index (χ3n) is 4.45. The summed E-state index contributed by atoms with van der Waals surface area (Å²) >= 11 is 1.56. The first kappa shape index (κ1) is 14.4. The second-order valence-corrected chi connectivity index (χ2v) is 7.31. The number of rotatable bonds is 2. The number of aryl methyl sites for hydroxylation is 2. The van der Waals surface area contributed by atoms with Crippen molar-refractivity contribution >= 4 is 28.4 Å². The van der Waals surface area contributed by atoms with E-state index in [2.05, 4.69) is 9.55 Å². The number of pyridine rings is 1. The molecular formula is C17H18N4OS. The number of aromatic nitrogens is 3. The van der Waals surface area contributed by atoms with Crippen molar-refractivity contribution in [3.05, 3.63) is 46.0 Å². The van der Waals surface area contributed by atoms with E-state index < -0.39 is 0 Å². The minimum Gasteiger partial charge on any atom is -0.337 e. The Balaban J connectivity index is 1.58. The molecule has 23 heavy (non-hydrogen) atoms. The lowest BCUT2D eigenvalue weighted by molar-refractivity contribution is 0.0795. The van der Waals surface area contributed by atoms with Crippen LogP contribution in [-0.2, 0) is 7.05 Å². The van der Waals surface area contributed by atoms with E-state index in [4.69, 9.17) is 4.98 Å². The predicted octanol–water partition coefficient (Wildman–Crippen LogP) is 2.97. The van der Waals surface area contributed by atoms with Crippen molar-refractivity contribution in [3.63, 3.8) is 0 Å². The Kier molecular flexibility index (Phi) is 3.41. The minimum absolute atomic E-state index is 0.141. The number of hydrogen-bond acceptors (Lipinski definition) is 4. The summed E-state index contributed by atoms with van der Waals surface area (Å²) in [6.45, 7) is 3.55. The van der Waals surface area contributed by atoms with Crippen LogP contribution < -0.4 is 0 Å². The van der Waals surface area contributed by atoms with Gasteiger partial charge in [0.15, 0.2) is 5.65 Å². The third-order valence-corrected chi connectivity index (χ3v) is 5.44. The van der Waals surface area contributed by atoms with Gasteiger partial charge in [0.05, 0.1) is 4.88 Å². The van der Waals surface area contributed by atoms with Gasteiger partial charge in [-0.1, -0.05) is 0 Å². The Morgan fingerprint density at radius 1 is 1.35 bits per heavy atom. The van der Waals surface area contributed by atoms with Crippen molar-refractivity contribution < 1.29 is 4.79 Å². The van der Waals surface area contributed by atoms with E-state index in [-0.39, 0.29) is 11.8 Å². The number of amides is 1. The zero-order chi connectivity index (χ0) is 16.0. The molecule has 5 nitrogen and oxygen atoms in total. The highest BCUT2D eigenvalue weighted by Crippen LogP contribution is 2.30. The first-order valence-electron chi connectivity index (χ1n) is 7.76. The number of nitrogens with zero attached hydrogens (tertiary/aromatic N) is 4. The number of hydrogen-bond donors (Lipinski definition) is 0. The van der Waals surface area contributed by atoms with E-state index in [0.29, 0.717) is 0 Å². The van der Waals surface area contributed by atoms with E-state index in [1.165, 1.54) is 4.88 Å². The van der Waals surface area contributed by atoms with Gasteiger partial charge in [-0.25, -0.2) is 9.97 Å². The van der Waals surface area contributed by atoms with Crippen LogP contribution in [0.1, 0.15) is 32.7 Å². The van der Waals surface area contributed by atoms with Crippen LogP contribution >= 0.6 is 11.3 Å². The lowest BCUT2D eigenvalue weighted by Crippen LogP contribution is -2.28. The lowest BCUT2D eigenvalue weighted by atomic mass is 10.1. The molecular weight excluding hydrogens is 308 g/mol. The SMILES string of the molecule is Cc1ccc(C(=O)N2CCC(c3nc4cccnc4n3C)C2)s1. The molecule has 1 saturated heterocycles. The Morgan fingerprint density at radius 3 is 2.96 bits per heavy atom. The highest BCUT2D eigenvalue weighted by atomic mass is 32.1. The van der Waals surface area contributed by atoms with Gasteiger partial charge in [-0.3, -0.25) is 4.79 Å². The van der Waals surface area contributed by atoms with E-state index in [9.17, 15) is 4.79 Å². The zero-order valence-corrected chi connectivity index (χ0v) is 14.0. The fraction of sp³-hybridized carbons (Fsp3) is 0.353. The molecule has 0 spiro atoms. The number of carbonyl (C=O) groups is 1. The smallest absolute Gasteiger partial charge is 0.263 e. The molecule has 1 atom stereocenters. The van der Waals surface area contributed by atoms with Crippen molar-refractivity contribution in [1.29, 1.82) is 0 Å². The van der Waals surface area contributed by atoms with Gasteiger partial charge in [0.2, 0.25) is 0 Å². The predicted molar refractivity (Wildman–Crippen MR) is 90.8 cm³/mol. The topological polar surface area (TPSA) is 51.0 Å². The van der Waals surface area contributed by atoms with Crippen molar-refractivity contribution in [2.24, 2.45) is 7.05 Å². The summed E-state index contributed by atoms with van der Waals surface area (Å²) in [4.78, 5) is 25.7. The Labute approximate surface area is 138 Å². The van der Waals surface area contributed by atoms with Crippen LogP contribution in [0.2, 0.25) is 0 Å². The minimum atomic E-state index is 0.141. The number of fused-ring (bicyclic) bond motifs is 1. The fourth-order valence-corrected chi connectivity index (χ4v) is 4.10. The molecule has 0 aromatic carbocycles. The van der Waals surface area contributed by atoms with Crippen LogP contribution in [0.5, 0.6) is 0 Å². The highest BCUT2D eigenvalue weighted by Gasteiger charge is 2.31. The largest absolute Gasteiger partial charge is 0.337 e. The van der Waals surface area contributed by atoms with Crippen molar-refractivity contribution in [1.82, 2.24) is 19.4 Å². The van der Waals surface area contributed by atoms with E-state index in [1.807, 2.05) is 43.1 Å². The normalized spacial score (nSPS) is 18.0. The Hall–Kier alpha value is -2.21. The molecule has 6 heteroatoms. The molecule has 0 radical (unpaired) electrons. The molecule has 1 aliphatic heterocycles. The molecule has 1 aliphatic rings. The Bertz CT molecular complexity index is 882. The molecule has 1 unspecified atom stereocenters. The van der Waals surface area contributed by atoms with Crippen LogP contribution in [0, 0.1) is 6.92 Å². The second kappa shape index (κ2) is 5.45. The van der Waals surface area contributed by atoms with Gasteiger partial charge in [0.1, 0.15) is 11.3 Å². The summed E-state index contributed by atoms with van der Waals surface area (Å²) < 4.78 is 2.06. The first-order chi connectivity index (χ1) is 11.1. The molecule has 4 heterocycles.